The van der Waals surface area contributed by atoms with Crippen molar-refractivity contribution in [2.45, 2.75) is 38.3 Å². The molecule has 1 N–H and O–H groups in total. The van der Waals surface area contributed by atoms with Crippen LogP contribution < -0.4 is 5.32 Å². The number of halogens is 4. The lowest BCUT2D eigenvalue weighted by Gasteiger charge is -2.45. The van der Waals surface area contributed by atoms with E-state index in [-0.39, 0.29) is 29.4 Å². The van der Waals surface area contributed by atoms with Crippen LogP contribution in [0.5, 0.6) is 0 Å². The molecule has 1 aromatic rings. The number of hydrogen-bond acceptors (Lipinski definition) is 4. The third-order valence-electron chi connectivity index (χ3n) is 5.04. The maximum Gasteiger partial charge on any atom is 0.434 e. The molecular weight excluding hydrogens is 492 g/mol. The lowest BCUT2D eigenvalue weighted by atomic mass is 9.76. The highest BCUT2D eigenvalue weighted by Crippen LogP contribution is 2.37. The Labute approximate surface area is 178 Å². The molecule has 0 bridgehead atoms. The summed E-state index contributed by atoms with van der Waals surface area (Å²) in [7, 11) is 1.74. The second-order valence-corrected chi connectivity index (χ2v) is 7.97. The molecule has 5 nitrogen and oxygen atoms in total. The highest BCUT2D eigenvalue weighted by atomic mass is 127. The Kier molecular flexibility index (Phi) is 8.17. The summed E-state index contributed by atoms with van der Waals surface area (Å²) in [6.07, 6.45) is 0.640. The Morgan fingerprint density at radius 2 is 2.19 bits per heavy atom. The average molecular weight is 518 g/mol. The van der Waals surface area contributed by atoms with Crippen molar-refractivity contribution < 1.29 is 17.9 Å². The molecule has 10 heteroatoms. The van der Waals surface area contributed by atoms with Crippen molar-refractivity contribution in [1.82, 2.24) is 15.2 Å². The van der Waals surface area contributed by atoms with Gasteiger partial charge in [-0.15, -0.1) is 35.3 Å². The lowest BCUT2D eigenvalue weighted by molar-refractivity contribution is -0.140. The molecule has 2 aliphatic heterocycles. The first-order valence-corrected chi connectivity index (χ1v) is 9.85. The number of alkyl halides is 3. The number of rotatable bonds is 3. The van der Waals surface area contributed by atoms with Crippen molar-refractivity contribution in [2.75, 3.05) is 39.9 Å². The van der Waals surface area contributed by atoms with Gasteiger partial charge in [0.2, 0.25) is 0 Å². The summed E-state index contributed by atoms with van der Waals surface area (Å²) in [6.45, 7) is 4.03. The van der Waals surface area contributed by atoms with Crippen molar-refractivity contribution in [1.29, 1.82) is 0 Å². The molecule has 2 fully saturated rings. The van der Waals surface area contributed by atoms with E-state index >= 15 is 0 Å². The normalized spacial score (nSPS) is 24.0. The van der Waals surface area contributed by atoms with Crippen LogP contribution in [0.1, 0.15) is 36.4 Å². The monoisotopic (exact) mass is 518 g/mol. The predicted octanol–water partition coefficient (Wildman–Crippen LogP) is 3.79. The maximum absolute atomic E-state index is 12.6. The minimum absolute atomic E-state index is 0. The van der Waals surface area contributed by atoms with Gasteiger partial charge in [-0.05, 0) is 25.7 Å². The average Bonchev–Trinajstić information content (AvgIpc) is 3.09. The third-order valence-corrected chi connectivity index (χ3v) is 5.95. The summed E-state index contributed by atoms with van der Waals surface area (Å²) >= 11 is 1.05. The molecule has 3 heterocycles. The molecular formula is C17H26F3IN4OS. The quantitative estimate of drug-likeness (QED) is 0.376. The van der Waals surface area contributed by atoms with E-state index in [1.807, 2.05) is 0 Å². The fourth-order valence-corrected chi connectivity index (χ4v) is 4.60. The van der Waals surface area contributed by atoms with Crippen LogP contribution in [0.15, 0.2) is 10.4 Å². The van der Waals surface area contributed by atoms with Gasteiger partial charge in [-0.2, -0.15) is 13.2 Å². The number of likely N-dealkylation sites (tertiary alicyclic amines) is 1. The van der Waals surface area contributed by atoms with Crippen molar-refractivity contribution >= 4 is 41.3 Å². The van der Waals surface area contributed by atoms with E-state index in [0.717, 1.165) is 61.8 Å². The van der Waals surface area contributed by atoms with E-state index in [2.05, 4.69) is 20.2 Å². The summed E-state index contributed by atoms with van der Waals surface area (Å²) in [5.74, 6) is 0.808. The van der Waals surface area contributed by atoms with E-state index in [1.54, 1.807) is 7.05 Å². The second-order valence-electron chi connectivity index (χ2n) is 7.03. The van der Waals surface area contributed by atoms with Gasteiger partial charge in [-0.1, -0.05) is 0 Å². The number of aromatic nitrogens is 1. The number of hydrogen-bond donors (Lipinski definition) is 1. The molecule has 0 saturated carbocycles. The van der Waals surface area contributed by atoms with E-state index in [9.17, 15) is 13.2 Å². The zero-order valence-electron chi connectivity index (χ0n) is 15.3. The molecule has 0 amide bonds. The number of piperidine rings is 1. The molecule has 1 spiro atoms. The fourth-order valence-electron chi connectivity index (χ4n) is 3.79. The topological polar surface area (TPSA) is 49.8 Å². The molecule has 2 saturated heterocycles. The van der Waals surface area contributed by atoms with Gasteiger partial charge in [-0.25, -0.2) is 4.98 Å². The zero-order valence-corrected chi connectivity index (χ0v) is 18.5. The lowest BCUT2D eigenvalue weighted by Crippen LogP contribution is -2.53. The van der Waals surface area contributed by atoms with E-state index in [4.69, 9.17) is 4.74 Å². The molecule has 0 aliphatic carbocycles. The summed E-state index contributed by atoms with van der Waals surface area (Å²) in [4.78, 5) is 10.3. The Hall–Kier alpha value is -0.620. The predicted molar refractivity (Wildman–Crippen MR) is 111 cm³/mol. The minimum atomic E-state index is -4.37. The van der Waals surface area contributed by atoms with Crippen molar-refractivity contribution in [2.24, 2.45) is 10.4 Å². The van der Waals surface area contributed by atoms with Gasteiger partial charge >= 0.3 is 6.18 Å². The standard InChI is InChI=1S/C17H25F3N4OS.HI/c1-21-15(22-7-4-14-23-13(10-26-14)17(18,19)20)24-8-2-5-16(11-24)6-3-9-25-12-16;/h10H,2-9,11-12H2,1H3,(H,21,22);1H. The number of nitrogens with one attached hydrogen (secondary N) is 1. The molecule has 2 aliphatic rings. The highest BCUT2D eigenvalue weighted by Gasteiger charge is 2.38. The first-order chi connectivity index (χ1) is 12.4. The molecule has 27 heavy (non-hydrogen) atoms. The molecule has 1 unspecified atom stereocenters. The first kappa shape index (κ1) is 22.7. The number of ether oxygens (including phenoxy) is 1. The summed E-state index contributed by atoms with van der Waals surface area (Å²) in [6, 6.07) is 0. The van der Waals surface area contributed by atoms with Gasteiger partial charge in [-0.3, -0.25) is 4.99 Å². The Bertz CT molecular complexity index is 626. The van der Waals surface area contributed by atoms with Crippen molar-refractivity contribution in [3.05, 3.63) is 16.1 Å². The Balaban J connectivity index is 0.00000261. The van der Waals surface area contributed by atoms with Crippen LogP contribution in [0.25, 0.3) is 0 Å². The largest absolute Gasteiger partial charge is 0.434 e. The van der Waals surface area contributed by atoms with E-state index in [0.29, 0.717) is 18.0 Å². The zero-order chi connectivity index (χ0) is 18.6. The Morgan fingerprint density at radius 1 is 1.41 bits per heavy atom. The molecule has 1 atom stereocenters. The van der Waals surface area contributed by atoms with E-state index < -0.39 is 11.9 Å². The van der Waals surface area contributed by atoms with Crippen LogP contribution in [0, 0.1) is 5.41 Å². The fraction of sp³-hybridized carbons (Fsp3) is 0.765. The second kappa shape index (κ2) is 9.73. The number of nitrogens with zero attached hydrogens (tertiary/aromatic N) is 3. The first-order valence-electron chi connectivity index (χ1n) is 8.97. The molecule has 1 aromatic heterocycles. The van der Waals surface area contributed by atoms with Crippen molar-refractivity contribution in [3.63, 3.8) is 0 Å². The van der Waals surface area contributed by atoms with Gasteiger partial charge in [0.15, 0.2) is 11.7 Å². The van der Waals surface area contributed by atoms with Crippen LogP contribution in [-0.2, 0) is 17.3 Å². The van der Waals surface area contributed by atoms with Gasteiger partial charge in [0, 0.05) is 50.5 Å². The molecule has 154 valence electrons. The van der Waals surface area contributed by atoms with Crippen LogP contribution in [0.4, 0.5) is 13.2 Å². The van der Waals surface area contributed by atoms with E-state index in [1.165, 1.54) is 12.8 Å². The van der Waals surface area contributed by atoms with Crippen molar-refractivity contribution in [3.8, 4) is 0 Å². The number of thiazole rings is 1. The summed E-state index contributed by atoms with van der Waals surface area (Å²) < 4.78 is 43.6. The molecule has 0 aromatic carbocycles. The SMILES string of the molecule is CN=C(NCCc1nc(C(F)(F)F)cs1)N1CCCC2(CCCOC2)C1.I. The summed E-state index contributed by atoms with van der Waals surface area (Å²) in [5.41, 5.74) is -0.595. The Morgan fingerprint density at radius 3 is 2.81 bits per heavy atom. The smallest absolute Gasteiger partial charge is 0.381 e. The number of guanidine groups is 1. The molecule has 0 radical (unpaired) electrons. The highest BCUT2D eigenvalue weighted by molar-refractivity contribution is 14.0. The van der Waals surface area contributed by atoms with Gasteiger partial charge in [0.05, 0.1) is 11.6 Å². The number of aliphatic imine (C=N–C) groups is 1. The third kappa shape index (κ3) is 5.93. The van der Waals surface area contributed by atoms with Gasteiger partial charge in [0.25, 0.3) is 0 Å². The molecule has 3 rings (SSSR count). The van der Waals surface area contributed by atoms with Gasteiger partial charge < -0.3 is 15.0 Å². The minimum Gasteiger partial charge on any atom is -0.381 e. The summed E-state index contributed by atoms with van der Waals surface area (Å²) in [5, 5.41) is 4.83. The van der Waals surface area contributed by atoms with Crippen LogP contribution in [-0.4, -0.2) is 55.7 Å². The van der Waals surface area contributed by atoms with Gasteiger partial charge in [0.1, 0.15) is 0 Å². The maximum atomic E-state index is 12.6. The van der Waals surface area contributed by atoms with Crippen LogP contribution in [0.3, 0.4) is 0 Å². The van der Waals surface area contributed by atoms with Crippen LogP contribution >= 0.6 is 35.3 Å². The van der Waals surface area contributed by atoms with Crippen LogP contribution in [0.2, 0.25) is 0 Å².